The molecule has 0 saturated carbocycles. The van der Waals surface area contributed by atoms with Crippen LogP contribution in [-0.4, -0.2) is 50.3 Å². The predicted octanol–water partition coefficient (Wildman–Crippen LogP) is 3.81. The Bertz CT molecular complexity index is 548. The number of nitrogens with zero attached hydrogens (tertiary/aromatic N) is 2. The molecule has 1 unspecified atom stereocenters. The predicted molar refractivity (Wildman–Crippen MR) is 94.3 cm³/mol. The third-order valence-corrected chi connectivity index (χ3v) is 5.02. The Kier molecular flexibility index (Phi) is 5.75. The molecule has 2 rings (SSSR count). The fourth-order valence-electron chi connectivity index (χ4n) is 3.15. The standard InChI is InChI=1S/C17H25BrN2O2/c1-6-20-11-7-8-15(20)19(3)12(2)16-14(21-4)10-9-13(18)17(16)22-5/h9-10,15H,2,6-8,11H2,1,3-5H3. The molecule has 0 amide bonds. The van der Waals surface area contributed by atoms with Crippen LogP contribution in [0.1, 0.15) is 25.3 Å². The molecule has 4 nitrogen and oxygen atoms in total. The van der Waals surface area contributed by atoms with Crippen molar-refractivity contribution in [1.82, 2.24) is 9.80 Å². The van der Waals surface area contributed by atoms with Gasteiger partial charge < -0.3 is 14.4 Å². The second-order valence-corrected chi connectivity index (χ2v) is 6.32. The van der Waals surface area contributed by atoms with E-state index in [1.165, 1.54) is 6.42 Å². The van der Waals surface area contributed by atoms with Gasteiger partial charge in [0.05, 0.1) is 30.4 Å². The smallest absolute Gasteiger partial charge is 0.146 e. The first kappa shape index (κ1) is 17.2. The van der Waals surface area contributed by atoms with Crippen LogP contribution in [0.5, 0.6) is 11.5 Å². The number of hydrogen-bond donors (Lipinski definition) is 0. The minimum atomic E-state index is 0.380. The topological polar surface area (TPSA) is 24.9 Å². The van der Waals surface area contributed by atoms with Crippen LogP contribution in [0, 0.1) is 0 Å². The number of methoxy groups -OCH3 is 2. The van der Waals surface area contributed by atoms with Gasteiger partial charge in [-0.1, -0.05) is 13.5 Å². The molecule has 0 radical (unpaired) electrons. The first-order valence-electron chi connectivity index (χ1n) is 7.61. The summed E-state index contributed by atoms with van der Waals surface area (Å²) >= 11 is 3.55. The molecule has 5 heteroatoms. The highest BCUT2D eigenvalue weighted by molar-refractivity contribution is 9.10. The van der Waals surface area contributed by atoms with E-state index in [4.69, 9.17) is 9.47 Å². The number of ether oxygens (including phenoxy) is 2. The number of likely N-dealkylation sites (tertiary alicyclic amines) is 1. The average Bonchev–Trinajstić information content (AvgIpc) is 3.01. The van der Waals surface area contributed by atoms with E-state index >= 15 is 0 Å². The quantitative estimate of drug-likeness (QED) is 0.761. The Balaban J connectivity index is 2.38. The molecule has 122 valence electrons. The van der Waals surface area contributed by atoms with Crippen LogP contribution in [0.2, 0.25) is 0 Å². The van der Waals surface area contributed by atoms with Crippen LogP contribution in [-0.2, 0) is 0 Å². The summed E-state index contributed by atoms with van der Waals surface area (Å²) < 4.78 is 12.0. The van der Waals surface area contributed by atoms with Gasteiger partial charge in [-0.25, -0.2) is 0 Å². The van der Waals surface area contributed by atoms with Crippen molar-refractivity contribution >= 4 is 21.6 Å². The zero-order chi connectivity index (χ0) is 16.3. The van der Waals surface area contributed by atoms with E-state index in [0.717, 1.165) is 46.7 Å². The molecule has 0 bridgehead atoms. The van der Waals surface area contributed by atoms with E-state index in [1.54, 1.807) is 14.2 Å². The van der Waals surface area contributed by atoms with Gasteiger partial charge in [-0.3, -0.25) is 4.90 Å². The molecule has 0 aromatic heterocycles. The van der Waals surface area contributed by atoms with E-state index in [2.05, 4.69) is 46.3 Å². The lowest BCUT2D eigenvalue weighted by molar-refractivity contribution is 0.151. The molecule has 22 heavy (non-hydrogen) atoms. The van der Waals surface area contributed by atoms with Gasteiger partial charge in [0.25, 0.3) is 0 Å². The first-order valence-corrected chi connectivity index (χ1v) is 8.41. The maximum absolute atomic E-state index is 5.58. The zero-order valence-corrected chi connectivity index (χ0v) is 15.4. The van der Waals surface area contributed by atoms with Gasteiger partial charge in [0, 0.05) is 19.3 Å². The summed E-state index contributed by atoms with van der Waals surface area (Å²) in [5.41, 5.74) is 1.82. The van der Waals surface area contributed by atoms with Gasteiger partial charge in [0.2, 0.25) is 0 Å². The highest BCUT2D eigenvalue weighted by atomic mass is 79.9. The summed E-state index contributed by atoms with van der Waals surface area (Å²) in [4.78, 5) is 4.71. The van der Waals surface area contributed by atoms with Crippen molar-refractivity contribution in [3.63, 3.8) is 0 Å². The lowest BCUT2D eigenvalue weighted by Crippen LogP contribution is -2.41. The molecule has 1 aromatic rings. The van der Waals surface area contributed by atoms with E-state index in [1.807, 2.05) is 12.1 Å². The fraction of sp³-hybridized carbons (Fsp3) is 0.529. The van der Waals surface area contributed by atoms with Gasteiger partial charge >= 0.3 is 0 Å². The number of hydrogen-bond acceptors (Lipinski definition) is 4. The minimum Gasteiger partial charge on any atom is -0.496 e. The molecule has 1 atom stereocenters. The second kappa shape index (κ2) is 7.38. The summed E-state index contributed by atoms with van der Waals surface area (Å²) in [7, 11) is 5.44. The highest BCUT2D eigenvalue weighted by Gasteiger charge is 2.29. The molecule has 1 aliphatic heterocycles. The molecule has 0 N–H and O–H groups in total. The van der Waals surface area contributed by atoms with Crippen molar-refractivity contribution in [3.8, 4) is 11.5 Å². The van der Waals surface area contributed by atoms with Crippen LogP contribution in [0.4, 0.5) is 0 Å². The molecule has 1 fully saturated rings. The van der Waals surface area contributed by atoms with Crippen LogP contribution in [0.15, 0.2) is 23.2 Å². The van der Waals surface area contributed by atoms with E-state index in [9.17, 15) is 0 Å². The van der Waals surface area contributed by atoms with Gasteiger partial charge in [-0.2, -0.15) is 0 Å². The van der Waals surface area contributed by atoms with Crippen molar-refractivity contribution in [3.05, 3.63) is 28.7 Å². The number of rotatable bonds is 6. The number of benzene rings is 1. The van der Waals surface area contributed by atoms with Crippen LogP contribution in [0.3, 0.4) is 0 Å². The molecule has 1 heterocycles. The van der Waals surface area contributed by atoms with Crippen molar-refractivity contribution in [2.45, 2.75) is 25.9 Å². The van der Waals surface area contributed by atoms with Gasteiger partial charge in [0.15, 0.2) is 0 Å². The molecule has 1 aromatic carbocycles. The third-order valence-electron chi connectivity index (χ3n) is 4.39. The van der Waals surface area contributed by atoms with Gasteiger partial charge in [-0.15, -0.1) is 0 Å². The van der Waals surface area contributed by atoms with Gasteiger partial charge in [-0.05, 0) is 47.4 Å². The van der Waals surface area contributed by atoms with E-state index < -0.39 is 0 Å². The van der Waals surface area contributed by atoms with E-state index in [-0.39, 0.29) is 0 Å². The lowest BCUT2D eigenvalue weighted by atomic mass is 10.1. The van der Waals surface area contributed by atoms with Crippen LogP contribution in [0.25, 0.3) is 5.70 Å². The van der Waals surface area contributed by atoms with Gasteiger partial charge in [0.1, 0.15) is 11.5 Å². The Labute approximate surface area is 141 Å². The van der Waals surface area contributed by atoms with Crippen LogP contribution >= 0.6 is 15.9 Å². The molecule has 1 saturated heterocycles. The lowest BCUT2D eigenvalue weighted by Gasteiger charge is -2.35. The Morgan fingerprint density at radius 1 is 1.41 bits per heavy atom. The Hall–Kier alpha value is -1.20. The maximum atomic E-state index is 5.58. The molecule has 0 spiro atoms. The maximum Gasteiger partial charge on any atom is 0.146 e. The number of halogens is 1. The van der Waals surface area contributed by atoms with E-state index in [0.29, 0.717) is 6.17 Å². The molecular weight excluding hydrogens is 344 g/mol. The summed E-state index contributed by atoms with van der Waals surface area (Å²) in [5.74, 6) is 1.54. The molecule has 0 aliphatic carbocycles. The monoisotopic (exact) mass is 368 g/mol. The van der Waals surface area contributed by atoms with Crippen molar-refractivity contribution in [2.75, 3.05) is 34.4 Å². The summed E-state index contributed by atoms with van der Waals surface area (Å²) in [6.45, 7) is 8.71. The molecular formula is C17H25BrN2O2. The fourth-order valence-corrected chi connectivity index (χ4v) is 3.65. The largest absolute Gasteiger partial charge is 0.496 e. The average molecular weight is 369 g/mol. The summed E-state index contributed by atoms with van der Waals surface area (Å²) in [5, 5.41) is 0. The normalized spacial score (nSPS) is 18.3. The summed E-state index contributed by atoms with van der Waals surface area (Å²) in [6, 6.07) is 3.87. The second-order valence-electron chi connectivity index (χ2n) is 5.47. The van der Waals surface area contributed by atoms with Crippen molar-refractivity contribution in [1.29, 1.82) is 0 Å². The minimum absolute atomic E-state index is 0.380. The summed E-state index contributed by atoms with van der Waals surface area (Å²) in [6.07, 6.45) is 2.76. The third kappa shape index (κ3) is 3.10. The first-order chi connectivity index (χ1) is 10.5. The van der Waals surface area contributed by atoms with Crippen LogP contribution < -0.4 is 9.47 Å². The zero-order valence-electron chi connectivity index (χ0n) is 13.9. The highest BCUT2D eigenvalue weighted by Crippen LogP contribution is 2.41. The Morgan fingerprint density at radius 2 is 2.14 bits per heavy atom. The van der Waals surface area contributed by atoms with Crippen molar-refractivity contribution < 1.29 is 9.47 Å². The molecule has 1 aliphatic rings. The van der Waals surface area contributed by atoms with Crippen molar-refractivity contribution in [2.24, 2.45) is 0 Å². The Morgan fingerprint density at radius 3 is 2.73 bits per heavy atom. The SMILES string of the molecule is C=C(c1c(OC)ccc(Br)c1OC)N(C)C1CCCN1CC.